The van der Waals surface area contributed by atoms with E-state index in [9.17, 15) is 9.90 Å². The fraction of sp³-hybridized carbons (Fsp3) is 0.200. The molecule has 4 heteroatoms. The lowest BCUT2D eigenvalue weighted by molar-refractivity contribution is 0.0695. The van der Waals surface area contributed by atoms with Gasteiger partial charge in [-0.3, -0.25) is 4.98 Å². The van der Waals surface area contributed by atoms with Crippen molar-refractivity contribution < 1.29 is 9.90 Å². The maximum absolute atomic E-state index is 11.3. The van der Waals surface area contributed by atoms with Gasteiger partial charge in [0.05, 0.1) is 11.3 Å². The number of benzene rings is 1. The van der Waals surface area contributed by atoms with E-state index in [-0.39, 0.29) is 5.56 Å². The van der Waals surface area contributed by atoms with Gasteiger partial charge in [-0.2, -0.15) is 0 Å². The van der Waals surface area contributed by atoms with Crippen molar-refractivity contribution in [3.63, 3.8) is 0 Å². The first kappa shape index (κ1) is 13.6. The van der Waals surface area contributed by atoms with Crippen LogP contribution in [0.4, 0.5) is 0 Å². The molecular weight excluding hydrogens is 262 g/mol. The molecule has 2 aromatic rings. The van der Waals surface area contributed by atoms with Crippen LogP contribution < -0.4 is 0 Å². The minimum absolute atomic E-state index is 0.262. The highest BCUT2D eigenvalue weighted by atomic mass is 35.5. The number of pyridine rings is 1. The number of hydrogen-bond donors (Lipinski definition) is 1. The van der Waals surface area contributed by atoms with E-state index in [1.165, 1.54) is 0 Å². The Morgan fingerprint density at radius 3 is 2.47 bits per heavy atom. The Labute approximate surface area is 116 Å². The third kappa shape index (κ3) is 2.76. The Balaban J connectivity index is 2.60. The first-order valence-electron chi connectivity index (χ1n) is 6.02. The van der Waals surface area contributed by atoms with E-state index in [4.69, 9.17) is 11.6 Å². The van der Waals surface area contributed by atoms with Gasteiger partial charge >= 0.3 is 5.97 Å². The van der Waals surface area contributed by atoms with E-state index < -0.39 is 5.97 Å². The summed E-state index contributed by atoms with van der Waals surface area (Å²) in [4.78, 5) is 15.7. The van der Waals surface area contributed by atoms with E-state index in [1.807, 2.05) is 26.0 Å². The number of carbonyl (C=O) groups is 1. The quantitative estimate of drug-likeness (QED) is 0.922. The second-order valence-corrected chi connectivity index (χ2v) is 4.72. The maximum atomic E-state index is 11.3. The highest BCUT2D eigenvalue weighted by molar-refractivity contribution is 6.30. The molecule has 3 nitrogen and oxygen atoms in total. The minimum Gasteiger partial charge on any atom is -0.478 e. The summed E-state index contributed by atoms with van der Waals surface area (Å²) in [6, 6.07) is 8.98. The molecule has 0 spiro atoms. The lowest BCUT2D eigenvalue weighted by Gasteiger charge is -2.10. The van der Waals surface area contributed by atoms with Crippen LogP contribution in [0, 0.1) is 6.92 Å². The summed E-state index contributed by atoms with van der Waals surface area (Å²) in [7, 11) is 0. The molecule has 0 aliphatic carbocycles. The number of aromatic nitrogens is 1. The van der Waals surface area contributed by atoms with Gasteiger partial charge < -0.3 is 5.11 Å². The van der Waals surface area contributed by atoms with E-state index in [0.717, 1.165) is 16.8 Å². The number of aryl methyl sites for hydroxylation is 2. The van der Waals surface area contributed by atoms with Gasteiger partial charge in [0, 0.05) is 16.3 Å². The fourth-order valence-electron chi connectivity index (χ4n) is 2.03. The van der Waals surface area contributed by atoms with Crippen molar-refractivity contribution in [2.75, 3.05) is 0 Å². The number of rotatable bonds is 3. The second-order valence-electron chi connectivity index (χ2n) is 4.28. The van der Waals surface area contributed by atoms with Crippen LogP contribution in [0.15, 0.2) is 30.3 Å². The van der Waals surface area contributed by atoms with E-state index in [1.54, 1.807) is 18.2 Å². The first-order valence-corrected chi connectivity index (χ1v) is 6.40. The third-order valence-corrected chi connectivity index (χ3v) is 3.26. The maximum Gasteiger partial charge on any atom is 0.337 e. The van der Waals surface area contributed by atoms with Crippen LogP contribution in [0.3, 0.4) is 0 Å². The molecule has 0 aliphatic heterocycles. The number of aromatic carboxylic acids is 1. The molecule has 0 bridgehead atoms. The summed E-state index contributed by atoms with van der Waals surface area (Å²) in [6.45, 7) is 3.78. The van der Waals surface area contributed by atoms with Crippen LogP contribution in [-0.4, -0.2) is 16.1 Å². The summed E-state index contributed by atoms with van der Waals surface area (Å²) < 4.78 is 0. The monoisotopic (exact) mass is 275 g/mol. The zero-order valence-corrected chi connectivity index (χ0v) is 11.5. The van der Waals surface area contributed by atoms with Crippen molar-refractivity contribution in [1.82, 2.24) is 4.98 Å². The highest BCUT2D eigenvalue weighted by Gasteiger charge is 2.14. The largest absolute Gasteiger partial charge is 0.478 e. The van der Waals surface area contributed by atoms with E-state index in [0.29, 0.717) is 17.1 Å². The van der Waals surface area contributed by atoms with Gasteiger partial charge in [0.2, 0.25) is 0 Å². The van der Waals surface area contributed by atoms with Gasteiger partial charge in [-0.05, 0) is 37.1 Å². The van der Waals surface area contributed by atoms with Gasteiger partial charge in [0.1, 0.15) is 0 Å². The van der Waals surface area contributed by atoms with Gasteiger partial charge in [-0.1, -0.05) is 30.7 Å². The molecule has 0 fully saturated rings. The van der Waals surface area contributed by atoms with Gasteiger partial charge in [-0.25, -0.2) is 4.79 Å². The van der Waals surface area contributed by atoms with Gasteiger partial charge in [0.25, 0.3) is 0 Å². The highest BCUT2D eigenvalue weighted by Crippen LogP contribution is 2.26. The average molecular weight is 276 g/mol. The van der Waals surface area contributed by atoms with Crippen LogP contribution in [-0.2, 0) is 6.42 Å². The third-order valence-electron chi connectivity index (χ3n) is 3.01. The van der Waals surface area contributed by atoms with E-state index >= 15 is 0 Å². The molecule has 0 saturated carbocycles. The Morgan fingerprint density at radius 1 is 1.32 bits per heavy atom. The molecule has 0 unspecified atom stereocenters. The molecule has 98 valence electrons. The zero-order valence-electron chi connectivity index (χ0n) is 10.8. The van der Waals surface area contributed by atoms with Crippen molar-refractivity contribution in [2.45, 2.75) is 20.3 Å². The minimum atomic E-state index is -0.945. The molecule has 1 aromatic carbocycles. The average Bonchev–Trinajstić information content (AvgIpc) is 2.39. The molecule has 1 aromatic heterocycles. The number of carboxylic acid groups (broad SMARTS) is 1. The predicted molar refractivity (Wildman–Crippen MR) is 75.8 cm³/mol. The summed E-state index contributed by atoms with van der Waals surface area (Å²) in [5, 5.41) is 9.89. The lowest BCUT2D eigenvalue weighted by Crippen LogP contribution is -2.06. The molecule has 0 amide bonds. The van der Waals surface area contributed by atoms with Gasteiger partial charge in [0.15, 0.2) is 0 Å². The van der Waals surface area contributed by atoms with Gasteiger partial charge in [-0.15, -0.1) is 0 Å². The van der Waals surface area contributed by atoms with Crippen molar-refractivity contribution in [3.8, 4) is 11.1 Å². The molecule has 0 radical (unpaired) electrons. The van der Waals surface area contributed by atoms with Crippen molar-refractivity contribution >= 4 is 17.6 Å². The normalized spacial score (nSPS) is 10.5. The molecule has 1 N–H and O–H groups in total. The Kier molecular flexibility index (Phi) is 3.86. The lowest BCUT2D eigenvalue weighted by atomic mass is 10.00. The fourth-order valence-corrected chi connectivity index (χ4v) is 2.16. The van der Waals surface area contributed by atoms with E-state index in [2.05, 4.69) is 4.98 Å². The number of nitrogens with zero attached hydrogens (tertiary/aromatic N) is 1. The Hall–Kier alpha value is -1.87. The van der Waals surface area contributed by atoms with Crippen LogP contribution >= 0.6 is 11.6 Å². The number of hydrogen-bond acceptors (Lipinski definition) is 2. The SMILES string of the molecule is CCc1nc(C)c(-c2ccc(Cl)cc2)cc1C(=O)O. The van der Waals surface area contributed by atoms with Crippen molar-refractivity contribution in [1.29, 1.82) is 0 Å². The smallest absolute Gasteiger partial charge is 0.337 e. The number of carboxylic acids is 1. The molecule has 0 atom stereocenters. The van der Waals surface area contributed by atoms with Crippen molar-refractivity contribution in [3.05, 3.63) is 52.3 Å². The zero-order chi connectivity index (χ0) is 14.0. The molecule has 0 saturated heterocycles. The molecule has 19 heavy (non-hydrogen) atoms. The number of halogens is 1. The van der Waals surface area contributed by atoms with Crippen LogP contribution in [0.2, 0.25) is 5.02 Å². The standard InChI is InChI=1S/C15H14ClNO2/c1-3-14-13(15(18)19)8-12(9(2)17-14)10-4-6-11(16)7-5-10/h4-8H,3H2,1-2H3,(H,18,19). The summed E-state index contributed by atoms with van der Waals surface area (Å²) >= 11 is 5.86. The summed E-state index contributed by atoms with van der Waals surface area (Å²) in [5.41, 5.74) is 3.44. The Bertz CT molecular complexity index is 621. The molecule has 2 rings (SSSR count). The molecule has 1 heterocycles. The van der Waals surface area contributed by atoms with Crippen molar-refractivity contribution in [2.24, 2.45) is 0 Å². The topological polar surface area (TPSA) is 50.2 Å². The summed E-state index contributed by atoms with van der Waals surface area (Å²) in [5.74, 6) is -0.945. The van der Waals surface area contributed by atoms with Crippen LogP contribution in [0.5, 0.6) is 0 Å². The van der Waals surface area contributed by atoms with Crippen LogP contribution in [0.25, 0.3) is 11.1 Å². The first-order chi connectivity index (χ1) is 9.02. The second kappa shape index (κ2) is 5.41. The Morgan fingerprint density at radius 2 is 1.95 bits per heavy atom. The van der Waals surface area contributed by atoms with Crippen LogP contribution in [0.1, 0.15) is 28.7 Å². The predicted octanol–water partition coefficient (Wildman–Crippen LogP) is 3.97. The molecular formula is C15H14ClNO2. The molecule has 0 aliphatic rings. The summed E-state index contributed by atoms with van der Waals surface area (Å²) in [6.07, 6.45) is 0.601.